The van der Waals surface area contributed by atoms with Crippen molar-refractivity contribution >= 4 is 5.69 Å². The van der Waals surface area contributed by atoms with Crippen molar-refractivity contribution in [3.63, 3.8) is 0 Å². The van der Waals surface area contributed by atoms with E-state index in [1.807, 2.05) is 27.7 Å². The van der Waals surface area contributed by atoms with E-state index in [9.17, 15) is 0 Å². The lowest BCUT2D eigenvalue weighted by atomic mass is 9.83. The summed E-state index contributed by atoms with van der Waals surface area (Å²) in [6.45, 7) is 12.5. The topological polar surface area (TPSA) is 3.24 Å². The minimum Gasteiger partial charge on any atom is -0.372 e. The predicted octanol–water partition coefficient (Wildman–Crippen LogP) is 6.45. The van der Waals surface area contributed by atoms with Gasteiger partial charge in [0.2, 0.25) is 0 Å². The number of benzene rings is 1. The highest BCUT2D eigenvalue weighted by Gasteiger charge is 2.23. The van der Waals surface area contributed by atoms with Gasteiger partial charge in [-0.1, -0.05) is 66.0 Å². The fraction of sp³-hybridized carbons (Fsp3) is 0.700. The number of nitrogens with zero attached hydrogens (tertiary/aromatic N) is 1. The van der Waals surface area contributed by atoms with Crippen molar-refractivity contribution in [2.24, 2.45) is 5.92 Å². The van der Waals surface area contributed by atoms with E-state index in [4.69, 9.17) is 0 Å². The summed E-state index contributed by atoms with van der Waals surface area (Å²) in [6, 6.07) is 9.63. The second-order valence-corrected chi connectivity index (χ2v) is 5.54. The molecule has 1 saturated carbocycles. The fourth-order valence-electron chi connectivity index (χ4n) is 3.04. The van der Waals surface area contributed by atoms with Crippen molar-refractivity contribution in [3.8, 4) is 0 Å². The molecule has 2 atom stereocenters. The molecule has 21 heavy (non-hydrogen) atoms. The average Bonchev–Trinajstić information content (AvgIpc) is 2.58. The molecule has 0 radical (unpaired) electrons. The van der Waals surface area contributed by atoms with Gasteiger partial charge < -0.3 is 4.90 Å². The maximum atomic E-state index is 2.49. The number of aryl methyl sites for hydroxylation is 1. The van der Waals surface area contributed by atoms with Crippen LogP contribution >= 0.6 is 0 Å². The molecular formula is C20H37N. The third-order valence-corrected chi connectivity index (χ3v) is 4.29. The molecule has 0 spiro atoms. The van der Waals surface area contributed by atoms with Gasteiger partial charge in [0.1, 0.15) is 0 Å². The van der Waals surface area contributed by atoms with Gasteiger partial charge >= 0.3 is 0 Å². The maximum Gasteiger partial charge on any atom is 0.0368 e. The van der Waals surface area contributed by atoms with Crippen LogP contribution in [0.2, 0.25) is 0 Å². The molecule has 1 aromatic carbocycles. The van der Waals surface area contributed by atoms with Crippen LogP contribution in [0.4, 0.5) is 5.69 Å². The van der Waals surface area contributed by atoms with E-state index in [1.54, 1.807) is 0 Å². The lowest BCUT2D eigenvalue weighted by Crippen LogP contribution is -2.36. The molecule has 0 amide bonds. The second kappa shape index (κ2) is 11.7. The van der Waals surface area contributed by atoms with Gasteiger partial charge in [-0.05, 0) is 43.4 Å². The first-order valence-electron chi connectivity index (χ1n) is 9.00. The summed E-state index contributed by atoms with van der Waals surface area (Å²) in [6.07, 6.45) is 6.92. The molecule has 0 bridgehead atoms. The number of hydrogen-bond donors (Lipinski definition) is 0. The third kappa shape index (κ3) is 6.54. The van der Waals surface area contributed by atoms with Crippen molar-refractivity contribution < 1.29 is 0 Å². The molecule has 1 aliphatic rings. The smallest absolute Gasteiger partial charge is 0.0368 e. The first kappa shape index (κ1) is 20.0. The summed E-state index contributed by atoms with van der Waals surface area (Å²) in [7, 11) is 2.26. The quantitative estimate of drug-likeness (QED) is 0.618. The highest BCUT2D eigenvalue weighted by atomic mass is 15.1. The van der Waals surface area contributed by atoms with Crippen molar-refractivity contribution in [2.45, 2.75) is 79.7 Å². The number of hydrogen-bond acceptors (Lipinski definition) is 1. The largest absolute Gasteiger partial charge is 0.372 e. The highest BCUT2D eigenvalue weighted by molar-refractivity contribution is 5.48. The van der Waals surface area contributed by atoms with Gasteiger partial charge in [-0.15, -0.1) is 0 Å². The van der Waals surface area contributed by atoms with Crippen molar-refractivity contribution in [3.05, 3.63) is 29.8 Å². The minimum atomic E-state index is 0.746. The summed E-state index contributed by atoms with van der Waals surface area (Å²) in [5.41, 5.74) is 2.74. The highest BCUT2D eigenvalue weighted by Crippen LogP contribution is 2.31. The van der Waals surface area contributed by atoms with Gasteiger partial charge in [-0.25, -0.2) is 0 Å². The minimum absolute atomic E-state index is 0.746. The standard InChI is InChI=1S/C16H25N.2C2H6/c1-4-14-8-6-10-16(12-14)17(3)15-9-5-7-13(2)11-15;2*1-2/h5,7,9,11,14,16H,4,6,8,10,12H2,1-3H3;2*1-2H3. The first-order chi connectivity index (χ1) is 10.2. The summed E-state index contributed by atoms with van der Waals surface area (Å²) in [5.74, 6) is 0.945. The molecular weight excluding hydrogens is 254 g/mol. The number of rotatable bonds is 3. The molecule has 1 aromatic rings. The van der Waals surface area contributed by atoms with E-state index in [-0.39, 0.29) is 0 Å². The molecule has 1 aliphatic carbocycles. The molecule has 0 N–H and O–H groups in total. The Hall–Kier alpha value is -0.980. The molecule has 0 aliphatic heterocycles. The lowest BCUT2D eigenvalue weighted by Gasteiger charge is -2.36. The van der Waals surface area contributed by atoms with Gasteiger partial charge in [-0.2, -0.15) is 0 Å². The Bertz CT molecular complexity index is 359. The summed E-state index contributed by atoms with van der Waals surface area (Å²) >= 11 is 0. The molecule has 0 heterocycles. The van der Waals surface area contributed by atoms with Gasteiger partial charge in [0, 0.05) is 18.8 Å². The molecule has 1 nitrogen and oxygen atoms in total. The van der Waals surface area contributed by atoms with Gasteiger partial charge in [-0.3, -0.25) is 0 Å². The Morgan fingerprint density at radius 3 is 2.33 bits per heavy atom. The Morgan fingerprint density at radius 1 is 1.10 bits per heavy atom. The van der Waals surface area contributed by atoms with Gasteiger partial charge in [0.25, 0.3) is 0 Å². The molecule has 0 saturated heterocycles. The third-order valence-electron chi connectivity index (χ3n) is 4.29. The molecule has 122 valence electrons. The summed E-state index contributed by atoms with van der Waals surface area (Å²) in [4.78, 5) is 2.49. The second-order valence-electron chi connectivity index (χ2n) is 5.54. The first-order valence-corrected chi connectivity index (χ1v) is 9.00. The van der Waals surface area contributed by atoms with E-state index in [1.165, 1.54) is 43.4 Å². The monoisotopic (exact) mass is 291 g/mol. The Morgan fingerprint density at radius 2 is 1.76 bits per heavy atom. The van der Waals surface area contributed by atoms with E-state index in [0.717, 1.165) is 12.0 Å². The van der Waals surface area contributed by atoms with E-state index >= 15 is 0 Å². The van der Waals surface area contributed by atoms with Crippen LogP contribution in [0.3, 0.4) is 0 Å². The van der Waals surface area contributed by atoms with E-state index < -0.39 is 0 Å². The normalized spacial score (nSPS) is 20.5. The van der Waals surface area contributed by atoms with Gasteiger partial charge in [0.15, 0.2) is 0 Å². The molecule has 2 unspecified atom stereocenters. The van der Waals surface area contributed by atoms with Crippen molar-refractivity contribution in [2.75, 3.05) is 11.9 Å². The van der Waals surface area contributed by atoms with Crippen LogP contribution in [-0.2, 0) is 0 Å². The zero-order valence-electron chi connectivity index (χ0n) is 15.4. The molecule has 0 aromatic heterocycles. The van der Waals surface area contributed by atoms with E-state index in [0.29, 0.717) is 0 Å². The molecule has 1 fully saturated rings. The van der Waals surface area contributed by atoms with Crippen LogP contribution in [0.15, 0.2) is 24.3 Å². The van der Waals surface area contributed by atoms with Crippen molar-refractivity contribution in [1.82, 2.24) is 0 Å². The zero-order valence-corrected chi connectivity index (χ0v) is 15.4. The summed E-state index contributed by atoms with van der Waals surface area (Å²) in [5, 5.41) is 0. The Kier molecular flexibility index (Phi) is 11.1. The Balaban J connectivity index is 0.000000921. The maximum absolute atomic E-state index is 2.49. The summed E-state index contributed by atoms with van der Waals surface area (Å²) < 4.78 is 0. The predicted molar refractivity (Wildman–Crippen MR) is 98.3 cm³/mol. The van der Waals surface area contributed by atoms with Crippen LogP contribution in [0.25, 0.3) is 0 Å². The van der Waals surface area contributed by atoms with E-state index in [2.05, 4.69) is 50.1 Å². The van der Waals surface area contributed by atoms with Crippen LogP contribution in [0.5, 0.6) is 0 Å². The molecule has 2 rings (SSSR count). The Labute approximate surface area is 133 Å². The fourth-order valence-corrected chi connectivity index (χ4v) is 3.04. The van der Waals surface area contributed by atoms with Crippen LogP contribution in [0, 0.1) is 12.8 Å². The lowest BCUT2D eigenvalue weighted by molar-refractivity contribution is 0.309. The van der Waals surface area contributed by atoms with Crippen LogP contribution in [0.1, 0.15) is 72.3 Å². The molecule has 1 heteroatoms. The number of anilines is 1. The van der Waals surface area contributed by atoms with Crippen molar-refractivity contribution in [1.29, 1.82) is 0 Å². The SMILES string of the molecule is CC.CC.CCC1CCCC(N(C)c2cccc(C)c2)C1. The van der Waals surface area contributed by atoms with Gasteiger partial charge in [0.05, 0.1) is 0 Å². The van der Waals surface area contributed by atoms with Crippen LogP contribution in [-0.4, -0.2) is 13.1 Å². The zero-order chi connectivity index (χ0) is 16.3. The van der Waals surface area contributed by atoms with Crippen LogP contribution < -0.4 is 4.90 Å². The average molecular weight is 292 g/mol.